The van der Waals surface area contributed by atoms with E-state index >= 15 is 0 Å². The van der Waals surface area contributed by atoms with Gasteiger partial charge in [0.05, 0.1) is 18.6 Å². The molecule has 0 bridgehead atoms. The smallest absolute Gasteiger partial charge is 0.309 e. The van der Waals surface area contributed by atoms with Crippen LogP contribution in [0.15, 0.2) is 0 Å². The average molecular weight is 320 g/mol. The van der Waals surface area contributed by atoms with Gasteiger partial charge in [0.1, 0.15) is 0 Å². The third-order valence-corrected chi connectivity index (χ3v) is 8.76. The number of cyclic esters (lactones) is 1. The first-order valence-electron chi connectivity index (χ1n) is 9.56. The number of hydrogen-bond donors (Lipinski definition) is 1. The van der Waals surface area contributed by atoms with Gasteiger partial charge in [0.15, 0.2) is 0 Å². The molecule has 1 saturated heterocycles. The molecule has 23 heavy (non-hydrogen) atoms. The molecule has 1 heterocycles. The summed E-state index contributed by atoms with van der Waals surface area (Å²) in [5, 5.41) is 11.2. The molecule has 1 N–H and O–H groups in total. The van der Waals surface area contributed by atoms with Crippen molar-refractivity contribution in [2.75, 3.05) is 6.61 Å². The van der Waals surface area contributed by atoms with Crippen LogP contribution in [0.2, 0.25) is 0 Å². The minimum absolute atomic E-state index is 0.0156. The second-order valence-corrected chi connectivity index (χ2v) is 9.99. The van der Waals surface area contributed by atoms with Crippen molar-refractivity contribution >= 4 is 5.97 Å². The number of esters is 1. The number of aliphatic hydroxyl groups excluding tert-OH is 1. The summed E-state index contributed by atoms with van der Waals surface area (Å²) in [5.41, 5.74) is 0.453. The average Bonchev–Trinajstić information content (AvgIpc) is 2.84. The second kappa shape index (κ2) is 4.74. The first kappa shape index (κ1) is 15.9. The summed E-state index contributed by atoms with van der Waals surface area (Å²) in [6, 6.07) is 0. The third-order valence-electron chi connectivity index (χ3n) is 8.76. The van der Waals surface area contributed by atoms with E-state index in [9.17, 15) is 9.90 Å². The first-order valence-corrected chi connectivity index (χ1v) is 9.56. The molecule has 0 spiro atoms. The summed E-state index contributed by atoms with van der Waals surface area (Å²) < 4.78 is 5.42. The fraction of sp³-hybridized carbons (Fsp3) is 0.950. The molecule has 1 aliphatic heterocycles. The topological polar surface area (TPSA) is 46.5 Å². The lowest BCUT2D eigenvalue weighted by molar-refractivity contribution is -0.219. The first-order chi connectivity index (χ1) is 10.7. The lowest BCUT2D eigenvalue weighted by Crippen LogP contribution is -2.64. The highest BCUT2D eigenvalue weighted by Crippen LogP contribution is 2.69. The Morgan fingerprint density at radius 1 is 1.09 bits per heavy atom. The molecule has 0 aromatic carbocycles. The van der Waals surface area contributed by atoms with Crippen molar-refractivity contribution in [3.05, 3.63) is 0 Å². The number of hydrogen-bond acceptors (Lipinski definition) is 3. The normalized spacial score (nSPS) is 54.7. The van der Waals surface area contributed by atoms with Gasteiger partial charge in [-0.1, -0.05) is 34.1 Å². The van der Waals surface area contributed by atoms with Crippen LogP contribution in [0.3, 0.4) is 0 Å². The number of fused-ring (bicyclic) bond motifs is 5. The van der Waals surface area contributed by atoms with Crippen molar-refractivity contribution in [2.24, 2.45) is 39.9 Å². The van der Waals surface area contributed by atoms with Gasteiger partial charge in [0.2, 0.25) is 0 Å². The fourth-order valence-electron chi connectivity index (χ4n) is 7.58. The third kappa shape index (κ3) is 1.89. The molecule has 4 fully saturated rings. The molecule has 3 saturated carbocycles. The molecule has 4 aliphatic rings. The zero-order valence-electron chi connectivity index (χ0n) is 15.1. The van der Waals surface area contributed by atoms with E-state index in [0.29, 0.717) is 29.3 Å². The van der Waals surface area contributed by atoms with Crippen molar-refractivity contribution in [1.29, 1.82) is 0 Å². The number of carbonyl (C=O) groups excluding carboxylic acids is 1. The monoisotopic (exact) mass is 320 g/mol. The van der Waals surface area contributed by atoms with Crippen LogP contribution in [0.5, 0.6) is 0 Å². The molecular weight excluding hydrogens is 288 g/mol. The molecule has 3 nitrogen and oxygen atoms in total. The van der Waals surface area contributed by atoms with Crippen molar-refractivity contribution in [1.82, 2.24) is 0 Å². The minimum atomic E-state index is -0.301. The van der Waals surface area contributed by atoms with Gasteiger partial charge in [-0.3, -0.25) is 4.79 Å². The number of rotatable bonds is 0. The van der Waals surface area contributed by atoms with E-state index < -0.39 is 0 Å². The number of ether oxygens (including phenoxy) is 1. The maximum absolute atomic E-state index is 12.1. The van der Waals surface area contributed by atoms with Crippen LogP contribution in [0.4, 0.5) is 0 Å². The van der Waals surface area contributed by atoms with Crippen LogP contribution in [0.1, 0.15) is 66.2 Å². The highest BCUT2D eigenvalue weighted by molar-refractivity contribution is 5.75. The lowest BCUT2D eigenvalue weighted by Gasteiger charge is -2.67. The Kier molecular flexibility index (Phi) is 3.28. The molecule has 4 rings (SSSR count). The second-order valence-electron chi connectivity index (χ2n) is 9.99. The van der Waals surface area contributed by atoms with Crippen molar-refractivity contribution in [2.45, 2.75) is 72.3 Å². The van der Waals surface area contributed by atoms with E-state index in [1.165, 1.54) is 19.3 Å². The fourth-order valence-corrected chi connectivity index (χ4v) is 7.58. The summed E-state index contributed by atoms with van der Waals surface area (Å²) in [6.07, 6.45) is 6.48. The van der Waals surface area contributed by atoms with Gasteiger partial charge in [-0.25, -0.2) is 0 Å². The standard InChI is InChI=1S/C20H32O3/c1-18(2)8-5-9-19(3)14-7-6-12-13(11-23-17(12)22)20(14,4)16(21)10-15(18)19/h12-16,21H,5-11H2,1-4H3/t12?,13?,14?,15?,16?,19-,20+/m1/s1. The van der Waals surface area contributed by atoms with Crippen molar-refractivity contribution < 1.29 is 14.6 Å². The predicted molar refractivity (Wildman–Crippen MR) is 88.6 cm³/mol. The van der Waals surface area contributed by atoms with Crippen LogP contribution in [0, 0.1) is 39.9 Å². The Bertz CT molecular complexity index is 527. The van der Waals surface area contributed by atoms with Gasteiger partial charge in [0.25, 0.3) is 0 Å². The maximum Gasteiger partial charge on any atom is 0.309 e. The summed E-state index contributed by atoms with van der Waals surface area (Å²) in [5.74, 6) is 1.33. The molecule has 5 unspecified atom stereocenters. The highest BCUT2D eigenvalue weighted by atomic mass is 16.5. The molecular formula is C20H32O3. The van der Waals surface area contributed by atoms with E-state index in [1.54, 1.807) is 0 Å². The molecule has 0 amide bonds. The summed E-state index contributed by atoms with van der Waals surface area (Å²) in [6.45, 7) is 10.1. The molecule has 0 radical (unpaired) electrons. The molecule has 7 atom stereocenters. The number of aliphatic hydroxyl groups is 1. The Morgan fingerprint density at radius 3 is 2.57 bits per heavy atom. The van der Waals surface area contributed by atoms with Crippen LogP contribution >= 0.6 is 0 Å². The largest absolute Gasteiger partial charge is 0.465 e. The molecule has 3 heteroatoms. The Labute approximate surface area is 140 Å². The quantitative estimate of drug-likeness (QED) is 0.691. The zero-order chi connectivity index (χ0) is 16.6. The van der Waals surface area contributed by atoms with Crippen LogP contribution in [-0.2, 0) is 9.53 Å². The number of carbonyl (C=O) groups is 1. The van der Waals surface area contributed by atoms with E-state index in [2.05, 4.69) is 27.7 Å². The van der Waals surface area contributed by atoms with Crippen LogP contribution in [-0.4, -0.2) is 23.8 Å². The predicted octanol–water partition coefficient (Wildman–Crippen LogP) is 3.79. The van der Waals surface area contributed by atoms with E-state index in [-0.39, 0.29) is 29.3 Å². The Hall–Kier alpha value is -0.570. The highest BCUT2D eigenvalue weighted by Gasteiger charge is 2.67. The van der Waals surface area contributed by atoms with Crippen molar-refractivity contribution in [3.63, 3.8) is 0 Å². The van der Waals surface area contributed by atoms with Crippen LogP contribution in [0.25, 0.3) is 0 Å². The van der Waals surface area contributed by atoms with Gasteiger partial charge in [-0.2, -0.15) is 0 Å². The van der Waals surface area contributed by atoms with E-state index in [0.717, 1.165) is 19.3 Å². The summed E-state index contributed by atoms with van der Waals surface area (Å²) in [4.78, 5) is 12.1. The van der Waals surface area contributed by atoms with Gasteiger partial charge >= 0.3 is 5.97 Å². The minimum Gasteiger partial charge on any atom is -0.465 e. The van der Waals surface area contributed by atoms with Crippen molar-refractivity contribution in [3.8, 4) is 0 Å². The van der Waals surface area contributed by atoms with Gasteiger partial charge in [-0.05, 0) is 54.8 Å². The Morgan fingerprint density at radius 2 is 1.83 bits per heavy atom. The summed E-state index contributed by atoms with van der Waals surface area (Å²) in [7, 11) is 0. The van der Waals surface area contributed by atoms with Gasteiger partial charge in [0, 0.05) is 11.3 Å². The molecule has 0 aromatic rings. The maximum atomic E-state index is 12.1. The summed E-state index contributed by atoms with van der Waals surface area (Å²) >= 11 is 0. The molecule has 130 valence electrons. The van der Waals surface area contributed by atoms with Crippen LogP contribution < -0.4 is 0 Å². The molecule has 3 aliphatic carbocycles. The lowest BCUT2D eigenvalue weighted by atomic mass is 9.38. The zero-order valence-corrected chi connectivity index (χ0v) is 15.1. The van der Waals surface area contributed by atoms with E-state index in [1.807, 2.05) is 0 Å². The Balaban J connectivity index is 1.77. The SMILES string of the molecule is CC1(C)CCC[C@@]2(C)C1CC(O)[C@@]1(C)C3COC(=O)C3CCC21. The molecule has 0 aromatic heterocycles. The van der Waals surface area contributed by atoms with Gasteiger partial charge < -0.3 is 9.84 Å². The van der Waals surface area contributed by atoms with E-state index in [4.69, 9.17) is 4.74 Å². The van der Waals surface area contributed by atoms with Gasteiger partial charge in [-0.15, -0.1) is 0 Å².